The lowest BCUT2D eigenvalue weighted by Gasteiger charge is -2.33. The van der Waals surface area contributed by atoms with Crippen LogP contribution in [0.4, 0.5) is 18.9 Å². The van der Waals surface area contributed by atoms with Crippen LogP contribution in [-0.2, 0) is 20.8 Å². The van der Waals surface area contributed by atoms with Gasteiger partial charge in [0.05, 0.1) is 22.6 Å². The molecular weight excluding hydrogens is 561 g/mol. The first-order chi connectivity index (χ1) is 19.3. The predicted molar refractivity (Wildman–Crippen MR) is 148 cm³/mol. The molecule has 0 aliphatic heterocycles. The smallest absolute Gasteiger partial charge is 0.384 e. The van der Waals surface area contributed by atoms with Crippen molar-refractivity contribution in [2.45, 2.75) is 68.6 Å². The Morgan fingerprint density at radius 1 is 0.927 bits per heavy atom. The van der Waals surface area contributed by atoms with Crippen molar-refractivity contribution >= 4 is 33.2 Å². The number of hydrogen-bond donors (Lipinski definition) is 4. The van der Waals surface area contributed by atoms with Crippen LogP contribution in [0.5, 0.6) is 0 Å². The second-order valence-corrected chi connectivity index (χ2v) is 12.1. The summed E-state index contributed by atoms with van der Waals surface area (Å²) in [5.41, 5.74) is -0.679. The van der Waals surface area contributed by atoms with E-state index < -0.39 is 57.9 Å². The van der Waals surface area contributed by atoms with Gasteiger partial charge >= 0.3 is 6.18 Å². The number of benzene rings is 2. The molecule has 1 saturated carbocycles. The summed E-state index contributed by atoms with van der Waals surface area (Å²) in [7, 11) is -3.40. The lowest BCUT2D eigenvalue weighted by Crippen LogP contribution is -2.54. The third-order valence-electron chi connectivity index (χ3n) is 6.82. The molecule has 2 aromatic carbocycles. The van der Waals surface area contributed by atoms with Gasteiger partial charge in [0.1, 0.15) is 0 Å². The highest BCUT2D eigenvalue weighted by molar-refractivity contribution is 7.90. The molecule has 3 rings (SSSR count). The van der Waals surface area contributed by atoms with Crippen LogP contribution in [-0.4, -0.2) is 57.6 Å². The van der Waals surface area contributed by atoms with Gasteiger partial charge in [0.25, 0.3) is 11.8 Å². The van der Waals surface area contributed by atoms with Gasteiger partial charge in [0.15, 0.2) is 9.84 Å². The average molecular weight is 597 g/mol. The van der Waals surface area contributed by atoms with Crippen LogP contribution in [0, 0.1) is 0 Å². The minimum absolute atomic E-state index is 0.0906. The number of alkyl halides is 3. The summed E-state index contributed by atoms with van der Waals surface area (Å²) >= 11 is 0. The largest absolute Gasteiger partial charge is 0.416 e. The number of unbranched alkanes of at least 4 members (excludes halogenated alkanes) is 1. The van der Waals surface area contributed by atoms with Crippen molar-refractivity contribution in [1.82, 2.24) is 16.0 Å². The van der Waals surface area contributed by atoms with Crippen molar-refractivity contribution in [2.24, 2.45) is 0 Å². The summed E-state index contributed by atoms with van der Waals surface area (Å²) in [6.45, 7) is 1.97. The number of hydrogen-bond acceptors (Lipinski definition) is 6. The Bertz CT molecular complexity index is 1350. The third kappa shape index (κ3) is 9.20. The number of halogens is 3. The van der Waals surface area contributed by atoms with E-state index in [9.17, 15) is 36.0 Å². The first-order valence-electron chi connectivity index (χ1n) is 13.4. The number of carbonyl (C=O) groups is 3. The van der Waals surface area contributed by atoms with E-state index in [1.54, 1.807) is 0 Å². The number of sulfone groups is 1. The molecule has 0 heterocycles. The van der Waals surface area contributed by atoms with E-state index in [1.807, 2.05) is 6.92 Å². The Morgan fingerprint density at radius 2 is 1.56 bits per heavy atom. The molecule has 0 unspecified atom stereocenters. The van der Waals surface area contributed by atoms with Gasteiger partial charge in [-0.1, -0.05) is 26.2 Å². The van der Waals surface area contributed by atoms with Crippen LogP contribution >= 0.6 is 0 Å². The molecule has 2 aromatic rings. The van der Waals surface area contributed by atoms with Crippen LogP contribution in [0.2, 0.25) is 0 Å². The molecule has 2 atom stereocenters. The van der Waals surface area contributed by atoms with E-state index >= 15 is 0 Å². The van der Waals surface area contributed by atoms with Gasteiger partial charge in [-0.2, -0.15) is 13.2 Å². The third-order valence-corrected chi connectivity index (χ3v) is 7.95. The van der Waals surface area contributed by atoms with Crippen molar-refractivity contribution in [1.29, 1.82) is 0 Å². The zero-order valence-electron chi connectivity index (χ0n) is 22.9. The zero-order valence-corrected chi connectivity index (χ0v) is 23.8. The molecule has 13 heteroatoms. The van der Waals surface area contributed by atoms with Crippen LogP contribution in [0.1, 0.15) is 71.7 Å². The van der Waals surface area contributed by atoms with Gasteiger partial charge < -0.3 is 21.3 Å². The van der Waals surface area contributed by atoms with Gasteiger partial charge in [0, 0.05) is 36.1 Å². The first-order valence-corrected chi connectivity index (χ1v) is 15.3. The van der Waals surface area contributed by atoms with E-state index in [-0.39, 0.29) is 21.7 Å². The molecule has 0 aromatic heterocycles. The quantitative estimate of drug-likeness (QED) is 0.291. The molecule has 4 N–H and O–H groups in total. The molecule has 1 aliphatic rings. The van der Waals surface area contributed by atoms with Crippen molar-refractivity contribution < 1.29 is 36.0 Å². The summed E-state index contributed by atoms with van der Waals surface area (Å²) in [5.74, 6) is -1.79. The number of carbonyl (C=O) groups excluding carboxylic acids is 3. The Hall–Kier alpha value is -3.61. The van der Waals surface area contributed by atoms with Crippen LogP contribution in [0.15, 0.2) is 47.4 Å². The molecule has 41 heavy (non-hydrogen) atoms. The highest BCUT2D eigenvalue weighted by Gasteiger charge is 2.32. The second kappa shape index (κ2) is 13.8. The van der Waals surface area contributed by atoms with Gasteiger partial charge in [-0.3, -0.25) is 14.4 Å². The SMILES string of the molecule is CCCCNc1ccc(C(F)(F)F)cc1C(=O)NCC(=O)N[C@@H]1CCCC[C@@H]1NC(=O)c1ccc(S(C)(=O)=O)cc1. The Morgan fingerprint density at radius 3 is 2.15 bits per heavy atom. The first kappa shape index (κ1) is 31.9. The highest BCUT2D eigenvalue weighted by Crippen LogP contribution is 2.32. The van der Waals surface area contributed by atoms with Crippen molar-refractivity contribution in [2.75, 3.05) is 24.7 Å². The van der Waals surface area contributed by atoms with Crippen molar-refractivity contribution in [3.8, 4) is 0 Å². The maximum atomic E-state index is 13.3. The fraction of sp³-hybridized carbons (Fsp3) is 0.464. The topological polar surface area (TPSA) is 133 Å². The second-order valence-electron chi connectivity index (χ2n) is 10.1. The number of amides is 3. The molecule has 0 radical (unpaired) electrons. The molecule has 3 amide bonds. The molecule has 9 nitrogen and oxygen atoms in total. The number of anilines is 1. The van der Waals surface area contributed by atoms with Gasteiger partial charge in [-0.25, -0.2) is 8.42 Å². The molecule has 0 saturated heterocycles. The summed E-state index contributed by atoms with van der Waals surface area (Å²) in [6.07, 6.45) is 0.864. The summed E-state index contributed by atoms with van der Waals surface area (Å²) in [6, 6.07) is 7.57. The molecule has 224 valence electrons. The normalized spacial score (nSPS) is 17.4. The fourth-order valence-electron chi connectivity index (χ4n) is 4.56. The van der Waals surface area contributed by atoms with Gasteiger partial charge in [-0.15, -0.1) is 0 Å². The lowest BCUT2D eigenvalue weighted by molar-refractivity contribution is -0.137. The maximum absolute atomic E-state index is 13.3. The van der Waals surface area contributed by atoms with E-state index in [2.05, 4.69) is 21.3 Å². The predicted octanol–water partition coefficient (Wildman–Crippen LogP) is 3.91. The average Bonchev–Trinajstić information content (AvgIpc) is 2.92. The Kier molecular flexibility index (Phi) is 10.8. The zero-order chi connectivity index (χ0) is 30.2. The fourth-order valence-corrected chi connectivity index (χ4v) is 5.19. The molecule has 0 spiro atoms. The van der Waals surface area contributed by atoms with E-state index in [0.717, 1.165) is 44.1 Å². The molecule has 0 bridgehead atoms. The lowest BCUT2D eigenvalue weighted by atomic mass is 9.90. The molecule has 1 fully saturated rings. The molecular formula is C28H35F3N4O5S. The van der Waals surface area contributed by atoms with Crippen LogP contribution in [0.3, 0.4) is 0 Å². The highest BCUT2D eigenvalue weighted by atomic mass is 32.2. The minimum Gasteiger partial charge on any atom is -0.384 e. The molecule has 1 aliphatic carbocycles. The maximum Gasteiger partial charge on any atom is 0.416 e. The monoisotopic (exact) mass is 596 g/mol. The standard InChI is InChI=1S/C28H35F3N4O5S/c1-3-4-15-32-22-14-11-19(28(29,30)31)16-21(22)27(38)33-17-25(36)34-23-7-5-6-8-24(23)35-26(37)18-9-12-20(13-10-18)41(2,39)40/h9-14,16,23-24,32H,3-8,15,17H2,1-2H3,(H,33,38)(H,34,36)(H,35,37)/t23-,24+/m1/s1. The number of nitrogens with one attached hydrogen (secondary N) is 4. The Labute approximate surface area is 237 Å². The van der Waals surface area contributed by atoms with E-state index in [0.29, 0.717) is 19.4 Å². The van der Waals surface area contributed by atoms with Gasteiger partial charge in [-0.05, 0) is 61.7 Å². The Balaban J connectivity index is 1.62. The minimum atomic E-state index is -4.63. The summed E-state index contributed by atoms with van der Waals surface area (Å²) < 4.78 is 63.1. The van der Waals surface area contributed by atoms with Crippen molar-refractivity contribution in [3.63, 3.8) is 0 Å². The summed E-state index contributed by atoms with van der Waals surface area (Å²) in [5, 5.41) is 11.1. The van der Waals surface area contributed by atoms with Crippen LogP contribution in [0.25, 0.3) is 0 Å². The number of rotatable bonds is 11. The summed E-state index contributed by atoms with van der Waals surface area (Å²) in [4.78, 5) is 38.4. The van der Waals surface area contributed by atoms with Crippen molar-refractivity contribution in [3.05, 3.63) is 59.2 Å². The van der Waals surface area contributed by atoms with Crippen LogP contribution < -0.4 is 21.3 Å². The van der Waals surface area contributed by atoms with E-state index in [1.165, 1.54) is 30.3 Å². The van der Waals surface area contributed by atoms with E-state index in [4.69, 9.17) is 0 Å². The van der Waals surface area contributed by atoms with Gasteiger partial charge in [0.2, 0.25) is 5.91 Å².